The number of hydrogen-bond donors (Lipinski definition) is 2. The molecule has 25 heavy (non-hydrogen) atoms. The molecule has 2 amide bonds. The van der Waals surface area contributed by atoms with E-state index in [4.69, 9.17) is 9.25 Å². The van der Waals surface area contributed by atoms with E-state index in [1.54, 1.807) is 6.26 Å². The fourth-order valence-corrected chi connectivity index (χ4v) is 2.23. The van der Waals surface area contributed by atoms with Gasteiger partial charge in [0.15, 0.2) is 0 Å². The summed E-state index contributed by atoms with van der Waals surface area (Å²) in [5, 5.41) is 2.71. The maximum Gasteiger partial charge on any atom is 0.338 e. The molecular weight excluding hydrogens is 318 g/mol. The first-order chi connectivity index (χ1) is 12.3. The number of carbonyl (C=O) groups is 1. The van der Waals surface area contributed by atoms with Crippen LogP contribution in [0.1, 0.15) is 11.3 Å². The molecule has 0 aliphatic rings. The highest BCUT2D eigenvalue weighted by atomic mass is 16.7. The van der Waals surface area contributed by atoms with Gasteiger partial charge in [-0.15, -0.1) is 0 Å². The van der Waals surface area contributed by atoms with E-state index in [0.29, 0.717) is 25.5 Å². The molecule has 0 saturated carbocycles. The molecule has 0 bridgehead atoms. The molecule has 0 radical (unpaired) electrons. The number of benzene rings is 2. The summed E-state index contributed by atoms with van der Waals surface area (Å²) in [5.74, 6) is 0.575. The smallest absolute Gasteiger partial charge is 0.338 e. The molecule has 0 aliphatic carbocycles. The van der Waals surface area contributed by atoms with Gasteiger partial charge in [-0.2, -0.15) is 0 Å². The van der Waals surface area contributed by atoms with E-state index in [2.05, 4.69) is 15.8 Å². The molecule has 2 N–H and O–H groups in total. The van der Waals surface area contributed by atoms with E-state index in [9.17, 15) is 4.79 Å². The minimum absolute atomic E-state index is 0.317. The van der Waals surface area contributed by atoms with Crippen molar-refractivity contribution in [1.29, 1.82) is 0 Å². The molecule has 2 aromatic carbocycles. The van der Waals surface area contributed by atoms with Crippen LogP contribution >= 0.6 is 0 Å². The van der Waals surface area contributed by atoms with E-state index in [0.717, 1.165) is 16.8 Å². The molecule has 0 atom stereocenters. The maximum atomic E-state index is 11.7. The zero-order chi connectivity index (χ0) is 17.3. The Balaban J connectivity index is 1.36. The predicted octanol–water partition coefficient (Wildman–Crippen LogP) is 3.32. The Kier molecular flexibility index (Phi) is 5.79. The molecule has 0 aliphatic heterocycles. The molecule has 3 aromatic rings. The summed E-state index contributed by atoms with van der Waals surface area (Å²) in [6.07, 6.45) is 2.18. The summed E-state index contributed by atoms with van der Waals surface area (Å²) in [5.41, 5.74) is 5.05. The number of urea groups is 1. The zero-order valence-corrected chi connectivity index (χ0v) is 13.6. The summed E-state index contributed by atoms with van der Waals surface area (Å²) in [6.45, 7) is 0.749. The number of hydroxylamine groups is 1. The van der Waals surface area contributed by atoms with E-state index in [-0.39, 0.29) is 6.03 Å². The summed E-state index contributed by atoms with van der Waals surface area (Å²) < 4.78 is 5.46. The Morgan fingerprint density at radius 2 is 1.76 bits per heavy atom. The van der Waals surface area contributed by atoms with Gasteiger partial charge in [0.25, 0.3) is 0 Å². The second kappa shape index (κ2) is 8.65. The van der Waals surface area contributed by atoms with Gasteiger partial charge in [-0.05, 0) is 17.7 Å². The van der Waals surface area contributed by atoms with Crippen LogP contribution in [0.2, 0.25) is 0 Å². The zero-order valence-electron chi connectivity index (χ0n) is 13.6. The van der Waals surface area contributed by atoms with Crippen LogP contribution in [0, 0.1) is 0 Å². The fraction of sp³-hybridized carbons (Fsp3) is 0.158. The minimum Gasteiger partial charge on any atom is -0.444 e. The van der Waals surface area contributed by atoms with Crippen molar-refractivity contribution in [2.45, 2.75) is 13.0 Å². The van der Waals surface area contributed by atoms with Crippen molar-refractivity contribution in [2.24, 2.45) is 0 Å². The third kappa shape index (κ3) is 5.19. The lowest BCUT2D eigenvalue weighted by Crippen LogP contribution is -2.36. The molecule has 0 spiro atoms. The molecule has 0 saturated heterocycles. The number of rotatable bonds is 7. The van der Waals surface area contributed by atoms with Crippen molar-refractivity contribution in [3.63, 3.8) is 0 Å². The number of nitrogens with zero attached hydrogens (tertiary/aromatic N) is 1. The monoisotopic (exact) mass is 337 g/mol. The van der Waals surface area contributed by atoms with Gasteiger partial charge in [-0.1, -0.05) is 48.5 Å². The van der Waals surface area contributed by atoms with Crippen LogP contribution in [-0.2, 0) is 17.9 Å². The number of nitrogens with one attached hydrogen (secondary N) is 2. The Hall–Kier alpha value is -3.12. The fourth-order valence-electron chi connectivity index (χ4n) is 2.23. The molecule has 1 heterocycles. The van der Waals surface area contributed by atoms with Gasteiger partial charge in [0.1, 0.15) is 6.26 Å². The first-order valence-corrected chi connectivity index (χ1v) is 8.00. The largest absolute Gasteiger partial charge is 0.444 e. The van der Waals surface area contributed by atoms with Crippen molar-refractivity contribution >= 4 is 6.03 Å². The lowest BCUT2D eigenvalue weighted by Gasteiger charge is -2.07. The van der Waals surface area contributed by atoms with Crippen molar-refractivity contribution < 1.29 is 14.0 Å². The van der Waals surface area contributed by atoms with Crippen molar-refractivity contribution in [3.05, 3.63) is 78.2 Å². The van der Waals surface area contributed by atoms with Crippen LogP contribution in [0.25, 0.3) is 11.5 Å². The van der Waals surface area contributed by atoms with E-state index >= 15 is 0 Å². The van der Waals surface area contributed by atoms with Gasteiger partial charge in [0, 0.05) is 18.5 Å². The van der Waals surface area contributed by atoms with Crippen LogP contribution in [-0.4, -0.2) is 17.6 Å². The van der Waals surface area contributed by atoms with Crippen LogP contribution < -0.4 is 10.8 Å². The molecule has 1 aromatic heterocycles. The van der Waals surface area contributed by atoms with E-state index in [1.807, 2.05) is 60.7 Å². The maximum absolute atomic E-state index is 11.7. The van der Waals surface area contributed by atoms with Crippen LogP contribution in [0.15, 0.2) is 71.3 Å². The SMILES string of the molecule is O=C(NCCc1coc(-c2ccccc2)n1)NOCc1ccccc1. The minimum atomic E-state index is -0.386. The second-order valence-electron chi connectivity index (χ2n) is 5.39. The Morgan fingerprint density at radius 1 is 1.04 bits per heavy atom. The van der Waals surface area contributed by atoms with Gasteiger partial charge in [0.2, 0.25) is 5.89 Å². The van der Waals surface area contributed by atoms with Crippen molar-refractivity contribution in [2.75, 3.05) is 6.54 Å². The number of carbonyl (C=O) groups excluding carboxylic acids is 1. The van der Waals surface area contributed by atoms with Gasteiger partial charge >= 0.3 is 6.03 Å². The standard InChI is InChI=1S/C19H19N3O3/c23-19(22-25-13-15-7-3-1-4-8-15)20-12-11-17-14-24-18(21-17)16-9-5-2-6-10-16/h1-10,14H,11-13H2,(H2,20,22,23). The quantitative estimate of drug-likeness (QED) is 0.649. The average Bonchev–Trinajstić information content (AvgIpc) is 3.12. The molecule has 0 unspecified atom stereocenters. The van der Waals surface area contributed by atoms with Gasteiger partial charge < -0.3 is 9.73 Å². The lowest BCUT2D eigenvalue weighted by atomic mass is 10.2. The lowest BCUT2D eigenvalue weighted by molar-refractivity contribution is 0.0491. The van der Waals surface area contributed by atoms with Crippen LogP contribution in [0.4, 0.5) is 4.79 Å². The summed E-state index contributed by atoms with van der Waals surface area (Å²) in [6, 6.07) is 18.9. The van der Waals surface area contributed by atoms with Gasteiger partial charge in [-0.3, -0.25) is 4.84 Å². The van der Waals surface area contributed by atoms with E-state index in [1.165, 1.54) is 0 Å². The number of amides is 2. The third-order valence-corrected chi connectivity index (χ3v) is 3.49. The summed E-state index contributed by atoms with van der Waals surface area (Å²) in [7, 11) is 0. The highest BCUT2D eigenvalue weighted by Gasteiger charge is 2.07. The highest BCUT2D eigenvalue weighted by molar-refractivity contribution is 5.72. The van der Waals surface area contributed by atoms with Crippen LogP contribution in [0.3, 0.4) is 0 Å². The Morgan fingerprint density at radius 3 is 2.52 bits per heavy atom. The molecule has 0 fully saturated rings. The van der Waals surface area contributed by atoms with Crippen molar-refractivity contribution in [3.8, 4) is 11.5 Å². The second-order valence-corrected chi connectivity index (χ2v) is 5.39. The first kappa shape index (κ1) is 16.7. The van der Waals surface area contributed by atoms with Crippen LogP contribution in [0.5, 0.6) is 0 Å². The first-order valence-electron chi connectivity index (χ1n) is 8.00. The molecule has 128 valence electrons. The van der Waals surface area contributed by atoms with Gasteiger partial charge in [0.05, 0.1) is 12.3 Å². The molecule has 6 nitrogen and oxygen atoms in total. The summed E-state index contributed by atoms with van der Waals surface area (Å²) >= 11 is 0. The van der Waals surface area contributed by atoms with Gasteiger partial charge in [-0.25, -0.2) is 15.3 Å². The normalized spacial score (nSPS) is 10.4. The molecular formula is C19H19N3O3. The highest BCUT2D eigenvalue weighted by Crippen LogP contribution is 2.17. The predicted molar refractivity (Wildman–Crippen MR) is 93.4 cm³/mol. The number of aromatic nitrogens is 1. The topological polar surface area (TPSA) is 76.4 Å². The Bertz CT molecular complexity index is 788. The summed E-state index contributed by atoms with van der Waals surface area (Å²) in [4.78, 5) is 21.2. The average molecular weight is 337 g/mol. The third-order valence-electron chi connectivity index (χ3n) is 3.49. The van der Waals surface area contributed by atoms with E-state index < -0.39 is 0 Å². The Labute approximate surface area is 145 Å². The molecule has 6 heteroatoms. The number of hydrogen-bond acceptors (Lipinski definition) is 4. The number of oxazole rings is 1. The molecule has 3 rings (SSSR count). The van der Waals surface area contributed by atoms with Crippen molar-refractivity contribution in [1.82, 2.24) is 15.8 Å².